The predicted octanol–water partition coefficient (Wildman–Crippen LogP) is 1.71. The van der Waals surface area contributed by atoms with E-state index in [1.165, 1.54) is 0 Å². The van der Waals surface area contributed by atoms with Crippen LogP contribution in [0.1, 0.15) is 27.7 Å². The third-order valence-electron chi connectivity index (χ3n) is 1.47. The van der Waals surface area contributed by atoms with Crippen LogP contribution in [0.4, 0.5) is 0 Å². The van der Waals surface area contributed by atoms with Crippen molar-refractivity contribution in [2.75, 3.05) is 13.1 Å². The molecule has 0 aromatic carbocycles. The Morgan fingerprint density at radius 2 is 1.62 bits per heavy atom. The lowest BCUT2D eigenvalue weighted by Gasteiger charge is -2.37. The summed E-state index contributed by atoms with van der Waals surface area (Å²) >= 11 is 0. The van der Waals surface area contributed by atoms with Crippen molar-refractivity contribution in [1.29, 1.82) is 0 Å². The second kappa shape index (κ2) is 5.14. The zero-order chi connectivity index (χ0) is 10.5. The van der Waals surface area contributed by atoms with Crippen LogP contribution in [0.25, 0.3) is 0 Å². The predicted molar refractivity (Wildman–Crippen MR) is 48.7 cm³/mol. The molecule has 0 aliphatic rings. The smallest absolute Gasteiger partial charge is 0.122 e. The molecule has 0 spiro atoms. The number of hydrogen-bond acceptors (Lipinski definition) is 3. The molecule has 0 bridgehead atoms. The maximum atomic E-state index is 11.8. The summed E-state index contributed by atoms with van der Waals surface area (Å²) < 4.78 is 0. The van der Waals surface area contributed by atoms with Crippen LogP contribution in [0.15, 0.2) is 5.28 Å². The second-order valence-electron chi connectivity index (χ2n) is 4.13. The molecule has 0 aromatic heterocycles. The van der Waals surface area contributed by atoms with E-state index < -0.39 is 4.81 Å². The molecule has 13 heavy (non-hydrogen) atoms. The van der Waals surface area contributed by atoms with Crippen LogP contribution in [0.3, 0.4) is 0 Å². The van der Waals surface area contributed by atoms with Crippen LogP contribution >= 0.6 is 0 Å². The van der Waals surface area contributed by atoms with E-state index in [2.05, 4.69) is 10.2 Å². The number of quaternary nitrogens is 1. The topological polar surface area (TPSA) is 67.0 Å². The van der Waals surface area contributed by atoms with Gasteiger partial charge in [-0.15, -0.1) is 4.81 Å². The number of hydrogen-bond donors (Lipinski definition) is 0. The summed E-state index contributed by atoms with van der Waals surface area (Å²) in [5.41, 5.74) is 8.21. The normalized spacial score (nSPS) is 12.2. The van der Waals surface area contributed by atoms with E-state index in [-0.39, 0.29) is 11.8 Å². The molecule has 1 radical (unpaired) electrons. The average molecular weight is 188 g/mol. The summed E-state index contributed by atoms with van der Waals surface area (Å²) in [7, 11) is 0. The molecule has 0 aliphatic heterocycles. The van der Waals surface area contributed by atoms with E-state index in [4.69, 9.17) is 5.53 Å². The van der Waals surface area contributed by atoms with E-state index in [1.807, 2.05) is 27.7 Å². The summed E-state index contributed by atoms with van der Waals surface area (Å²) in [5, 5.41) is 14.3. The van der Waals surface area contributed by atoms with Crippen molar-refractivity contribution in [3.63, 3.8) is 0 Å². The maximum absolute atomic E-state index is 11.8. The molecule has 0 N–H and O–H groups in total. The number of nitrogens with zero attached hydrogens (tertiary/aromatic N) is 3. The van der Waals surface area contributed by atoms with Crippen LogP contribution < -0.4 is 5.53 Å². The average Bonchev–Trinajstić information content (AvgIpc) is 1.81. The minimum absolute atomic E-state index is 0.206. The fourth-order valence-electron chi connectivity index (χ4n) is 1.32. The van der Waals surface area contributed by atoms with Gasteiger partial charge in [0, 0.05) is 17.4 Å². The monoisotopic (exact) mass is 188 g/mol. The van der Waals surface area contributed by atoms with Crippen LogP contribution in [-0.2, 0) is 4.94 Å². The van der Waals surface area contributed by atoms with E-state index >= 15 is 0 Å². The van der Waals surface area contributed by atoms with Crippen molar-refractivity contribution in [3.8, 4) is 0 Å². The van der Waals surface area contributed by atoms with Crippen molar-refractivity contribution in [2.45, 2.75) is 27.7 Å². The van der Waals surface area contributed by atoms with Crippen LogP contribution in [0.5, 0.6) is 0 Å². The number of hydroxylamine groups is 4. The Labute approximate surface area is 79.3 Å². The zero-order valence-electron chi connectivity index (χ0n) is 8.73. The van der Waals surface area contributed by atoms with Gasteiger partial charge >= 0.3 is 0 Å². The summed E-state index contributed by atoms with van der Waals surface area (Å²) in [5.74, 6) is 0.413. The Balaban J connectivity index is 4.23. The Morgan fingerprint density at radius 3 is 1.85 bits per heavy atom. The summed E-state index contributed by atoms with van der Waals surface area (Å²) in [4.78, 5) is 3.50. The molecule has 0 heterocycles. The van der Waals surface area contributed by atoms with Crippen molar-refractivity contribution in [2.24, 2.45) is 17.1 Å². The van der Waals surface area contributed by atoms with Gasteiger partial charge in [0.25, 0.3) is 0 Å². The van der Waals surface area contributed by atoms with E-state index in [0.29, 0.717) is 13.1 Å². The van der Waals surface area contributed by atoms with Crippen molar-refractivity contribution >= 4 is 0 Å². The van der Waals surface area contributed by atoms with Gasteiger partial charge in [0.2, 0.25) is 0 Å². The highest BCUT2D eigenvalue weighted by Gasteiger charge is 2.23. The third kappa shape index (κ3) is 5.54. The Kier molecular flexibility index (Phi) is 4.87. The highest BCUT2D eigenvalue weighted by molar-refractivity contribution is 4.46. The molecule has 0 aliphatic carbocycles. The minimum Gasteiger partial charge on any atom is -0.587 e. The van der Waals surface area contributed by atoms with Crippen LogP contribution in [0, 0.1) is 17.0 Å². The second-order valence-corrected chi connectivity index (χ2v) is 4.13. The largest absolute Gasteiger partial charge is 0.587 e. The first-order valence-corrected chi connectivity index (χ1v) is 4.51. The van der Waals surface area contributed by atoms with Gasteiger partial charge in [-0.1, -0.05) is 27.7 Å². The van der Waals surface area contributed by atoms with Gasteiger partial charge in [-0.05, 0) is 0 Å². The summed E-state index contributed by atoms with van der Waals surface area (Å²) in [6.07, 6.45) is 0. The van der Waals surface area contributed by atoms with Gasteiger partial charge in [-0.25, -0.2) is 0 Å². The molecule has 0 atom stereocenters. The van der Waals surface area contributed by atoms with Gasteiger partial charge in [0.1, 0.15) is 18.4 Å². The number of rotatable bonds is 6. The molecule has 0 amide bonds. The van der Waals surface area contributed by atoms with Crippen LogP contribution in [-0.4, -0.2) is 17.9 Å². The Morgan fingerprint density at radius 1 is 1.23 bits per heavy atom. The first-order valence-electron chi connectivity index (χ1n) is 4.51. The van der Waals surface area contributed by atoms with E-state index in [1.54, 1.807) is 0 Å². The van der Waals surface area contributed by atoms with Gasteiger partial charge in [-0.2, -0.15) is 4.94 Å². The molecule has 5 heteroatoms. The van der Waals surface area contributed by atoms with Crippen molar-refractivity contribution in [1.82, 2.24) is 5.53 Å². The summed E-state index contributed by atoms with van der Waals surface area (Å²) in [6, 6.07) is 0. The third-order valence-corrected chi connectivity index (χ3v) is 1.47. The van der Waals surface area contributed by atoms with Crippen molar-refractivity contribution in [3.05, 3.63) is 5.21 Å². The molecular formula is C8H18N3O2. The molecule has 0 rings (SSSR count). The first-order chi connectivity index (χ1) is 5.89. The molecule has 0 fully saturated rings. The van der Waals surface area contributed by atoms with Crippen molar-refractivity contribution < 1.29 is 9.75 Å². The molecule has 0 aromatic rings. The lowest BCUT2D eigenvalue weighted by molar-refractivity contribution is -1.07. The molecule has 5 nitrogen and oxygen atoms in total. The zero-order valence-corrected chi connectivity index (χ0v) is 8.73. The molecule has 0 unspecified atom stereocenters. The fraction of sp³-hybridized carbons (Fsp3) is 1.00. The first kappa shape index (κ1) is 12.3. The van der Waals surface area contributed by atoms with Gasteiger partial charge in [-0.3, -0.25) is 0 Å². The minimum atomic E-state index is -0.911. The highest BCUT2D eigenvalue weighted by Crippen LogP contribution is 2.14. The highest BCUT2D eigenvalue weighted by atomic mass is 17.0. The standard InChI is InChI=1S/C8H18N3O2/c1-7(2)5-11(12,13-10-9)6-8(3)4/h7-8H,5-6H2,1-4H3. The van der Waals surface area contributed by atoms with Gasteiger partial charge < -0.3 is 5.21 Å². The fourth-order valence-corrected chi connectivity index (χ4v) is 1.32. The van der Waals surface area contributed by atoms with E-state index in [0.717, 1.165) is 0 Å². The molecule has 0 saturated heterocycles. The maximum Gasteiger partial charge on any atom is 0.122 e. The Hall–Kier alpha value is -0.680. The SMILES string of the molecule is CC(C)C[N+]([O-])(CC(C)C)ON=[N]. The molecule has 77 valence electrons. The lowest BCUT2D eigenvalue weighted by Crippen LogP contribution is -2.45. The van der Waals surface area contributed by atoms with Gasteiger partial charge in [0.15, 0.2) is 0 Å². The summed E-state index contributed by atoms with van der Waals surface area (Å²) in [6.45, 7) is 8.28. The van der Waals surface area contributed by atoms with E-state index in [9.17, 15) is 5.21 Å². The Bertz CT molecular complexity index is 149. The van der Waals surface area contributed by atoms with Crippen LogP contribution in [0.2, 0.25) is 0 Å². The quantitative estimate of drug-likeness (QED) is 0.362. The molecule has 0 saturated carbocycles. The van der Waals surface area contributed by atoms with Gasteiger partial charge in [0.05, 0.1) is 0 Å². The molecular weight excluding hydrogens is 170 g/mol. The lowest BCUT2D eigenvalue weighted by atomic mass is 10.2.